The fourth-order valence-corrected chi connectivity index (χ4v) is 2.91. The number of methoxy groups -OCH3 is 1. The molecule has 8 heteroatoms. The molecule has 0 bridgehead atoms. The molecule has 0 atom stereocenters. The summed E-state index contributed by atoms with van der Waals surface area (Å²) in [6.07, 6.45) is 5.56. The first-order valence-corrected chi connectivity index (χ1v) is 9.71. The van der Waals surface area contributed by atoms with Gasteiger partial charge in [0.05, 0.1) is 20.3 Å². The second-order valence-electron chi connectivity index (χ2n) is 6.67. The van der Waals surface area contributed by atoms with Gasteiger partial charge in [0, 0.05) is 29.9 Å². The van der Waals surface area contributed by atoms with Gasteiger partial charge in [-0.05, 0) is 30.2 Å². The second-order valence-corrected chi connectivity index (χ2v) is 6.67. The van der Waals surface area contributed by atoms with E-state index in [9.17, 15) is 9.59 Å². The van der Waals surface area contributed by atoms with Gasteiger partial charge >= 0.3 is 0 Å². The van der Waals surface area contributed by atoms with Crippen molar-refractivity contribution in [2.75, 3.05) is 25.6 Å². The van der Waals surface area contributed by atoms with E-state index >= 15 is 0 Å². The maximum Gasteiger partial charge on any atom is 0.251 e. The van der Waals surface area contributed by atoms with Gasteiger partial charge in [0.15, 0.2) is 11.5 Å². The van der Waals surface area contributed by atoms with Gasteiger partial charge < -0.3 is 24.8 Å². The summed E-state index contributed by atoms with van der Waals surface area (Å²) in [4.78, 5) is 28.0. The Morgan fingerprint density at radius 1 is 1.37 bits per heavy atom. The minimum absolute atomic E-state index is 0.00182. The Hall–Kier alpha value is -3.39. The summed E-state index contributed by atoms with van der Waals surface area (Å²) in [6.45, 7) is 3.18. The van der Waals surface area contributed by atoms with Gasteiger partial charge in [0.2, 0.25) is 5.91 Å². The lowest BCUT2D eigenvalue weighted by Crippen LogP contribution is -2.20. The van der Waals surface area contributed by atoms with Crippen LogP contribution < -0.4 is 20.1 Å². The van der Waals surface area contributed by atoms with E-state index in [4.69, 9.17) is 14.2 Å². The number of nitrogens with one attached hydrogen (secondary N) is 2. The molecule has 1 aromatic heterocycles. The first-order chi connectivity index (χ1) is 14.6. The van der Waals surface area contributed by atoms with Crippen molar-refractivity contribution < 1.29 is 23.8 Å². The molecule has 0 saturated heterocycles. The predicted molar refractivity (Wildman–Crippen MR) is 112 cm³/mol. The lowest BCUT2D eigenvalue weighted by atomic mass is 10.1. The number of carbonyl (C=O) groups is 2. The van der Waals surface area contributed by atoms with E-state index in [1.807, 2.05) is 31.2 Å². The molecule has 2 aromatic rings. The number of anilines is 1. The maximum absolute atomic E-state index is 12.3. The molecule has 0 saturated carbocycles. The van der Waals surface area contributed by atoms with E-state index in [0.29, 0.717) is 30.5 Å². The van der Waals surface area contributed by atoms with E-state index in [2.05, 4.69) is 15.6 Å². The second kappa shape index (κ2) is 10.4. The van der Waals surface area contributed by atoms with Crippen molar-refractivity contribution in [1.29, 1.82) is 0 Å². The highest BCUT2D eigenvalue weighted by molar-refractivity contribution is 5.93. The lowest BCUT2D eigenvalue weighted by Gasteiger charge is -2.14. The number of rotatable bonds is 8. The number of carbonyl (C=O) groups excluding carboxylic acids is 2. The van der Waals surface area contributed by atoms with Crippen LogP contribution in [0.3, 0.4) is 0 Å². The lowest BCUT2D eigenvalue weighted by molar-refractivity contribution is -0.120. The number of para-hydroxylation sites is 1. The Balaban J connectivity index is 1.63. The van der Waals surface area contributed by atoms with Crippen LogP contribution in [-0.2, 0) is 27.5 Å². The van der Waals surface area contributed by atoms with E-state index in [1.54, 1.807) is 19.4 Å². The quantitative estimate of drug-likeness (QED) is 0.648. The molecule has 3 rings (SSSR count). The SMILES string of the molecule is CCCOc1c(CNC(=O)C=Cc2cnc3c(c2)COCC(=O)N3)cccc1OC. The Kier molecular flexibility index (Phi) is 7.40. The molecule has 1 aromatic carbocycles. The average Bonchev–Trinajstić information content (AvgIpc) is 2.94. The van der Waals surface area contributed by atoms with E-state index in [0.717, 1.165) is 23.1 Å². The number of ether oxygens (including phenoxy) is 3. The summed E-state index contributed by atoms with van der Waals surface area (Å²) in [5.41, 5.74) is 2.33. The molecule has 2 heterocycles. The zero-order valence-corrected chi connectivity index (χ0v) is 17.1. The molecule has 2 N–H and O–H groups in total. The molecule has 158 valence electrons. The van der Waals surface area contributed by atoms with Crippen molar-refractivity contribution in [2.45, 2.75) is 26.5 Å². The molecule has 1 aliphatic heterocycles. The van der Waals surface area contributed by atoms with Gasteiger partial charge in [-0.25, -0.2) is 4.98 Å². The molecule has 0 aliphatic carbocycles. The van der Waals surface area contributed by atoms with Gasteiger partial charge in [-0.3, -0.25) is 9.59 Å². The Labute approximate surface area is 175 Å². The number of hydrogen-bond acceptors (Lipinski definition) is 6. The number of nitrogens with zero attached hydrogens (tertiary/aromatic N) is 1. The van der Waals surface area contributed by atoms with Crippen molar-refractivity contribution in [2.24, 2.45) is 0 Å². The molecule has 0 unspecified atom stereocenters. The van der Waals surface area contributed by atoms with Gasteiger partial charge in [-0.15, -0.1) is 0 Å². The van der Waals surface area contributed by atoms with Crippen LogP contribution in [0.25, 0.3) is 6.08 Å². The maximum atomic E-state index is 12.3. The normalized spacial score (nSPS) is 13.3. The summed E-state index contributed by atoms with van der Waals surface area (Å²) in [6, 6.07) is 7.41. The molecule has 8 nitrogen and oxygen atoms in total. The van der Waals surface area contributed by atoms with Crippen LogP contribution in [0.1, 0.15) is 30.0 Å². The summed E-state index contributed by atoms with van der Waals surface area (Å²) >= 11 is 0. The number of aromatic nitrogens is 1. The van der Waals surface area contributed by atoms with E-state index < -0.39 is 0 Å². The predicted octanol–water partition coefficient (Wildman–Crippen LogP) is 2.68. The van der Waals surface area contributed by atoms with E-state index in [-0.39, 0.29) is 25.0 Å². The minimum Gasteiger partial charge on any atom is -0.493 e. The van der Waals surface area contributed by atoms with Crippen molar-refractivity contribution in [3.8, 4) is 11.5 Å². The fourth-order valence-electron chi connectivity index (χ4n) is 2.91. The van der Waals surface area contributed by atoms with Crippen LogP contribution >= 0.6 is 0 Å². The third kappa shape index (κ3) is 5.57. The Bertz CT molecular complexity index is 942. The fraction of sp³-hybridized carbons (Fsp3) is 0.318. The van der Waals surface area contributed by atoms with Crippen LogP contribution in [0, 0.1) is 0 Å². The Morgan fingerprint density at radius 2 is 2.23 bits per heavy atom. The zero-order chi connectivity index (χ0) is 21.3. The highest BCUT2D eigenvalue weighted by atomic mass is 16.5. The summed E-state index contributed by atoms with van der Waals surface area (Å²) in [5, 5.41) is 5.53. The van der Waals surface area contributed by atoms with Gasteiger partial charge in [-0.2, -0.15) is 0 Å². The smallest absolute Gasteiger partial charge is 0.251 e. The number of benzene rings is 1. The van der Waals surface area contributed by atoms with Crippen LogP contribution in [0.4, 0.5) is 5.82 Å². The van der Waals surface area contributed by atoms with Crippen LogP contribution in [-0.4, -0.2) is 37.1 Å². The molecule has 30 heavy (non-hydrogen) atoms. The molecule has 0 radical (unpaired) electrons. The van der Waals surface area contributed by atoms with Crippen molar-refractivity contribution >= 4 is 23.7 Å². The first-order valence-electron chi connectivity index (χ1n) is 9.71. The third-order valence-electron chi connectivity index (χ3n) is 4.35. The van der Waals surface area contributed by atoms with Crippen molar-refractivity contribution in [3.63, 3.8) is 0 Å². The minimum atomic E-state index is -0.251. The highest BCUT2D eigenvalue weighted by Gasteiger charge is 2.14. The summed E-state index contributed by atoms with van der Waals surface area (Å²) in [7, 11) is 1.59. The zero-order valence-electron chi connectivity index (χ0n) is 17.1. The largest absolute Gasteiger partial charge is 0.493 e. The van der Waals surface area contributed by atoms with Gasteiger partial charge in [0.25, 0.3) is 5.91 Å². The Morgan fingerprint density at radius 3 is 3.03 bits per heavy atom. The van der Waals surface area contributed by atoms with Crippen LogP contribution in [0.5, 0.6) is 11.5 Å². The average molecular weight is 411 g/mol. The summed E-state index contributed by atoms with van der Waals surface area (Å²) < 4.78 is 16.4. The van der Waals surface area contributed by atoms with E-state index in [1.165, 1.54) is 6.08 Å². The van der Waals surface area contributed by atoms with Crippen LogP contribution in [0.2, 0.25) is 0 Å². The van der Waals surface area contributed by atoms with Crippen molar-refractivity contribution in [1.82, 2.24) is 10.3 Å². The van der Waals surface area contributed by atoms with Gasteiger partial charge in [-0.1, -0.05) is 19.1 Å². The van der Waals surface area contributed by atoms with Crippen LogP contribution in [0.15, 0.2) is 36.5 Å². The highest BCUT2D eigenvalue weighted by Crippen LogP contribution is 2.31. The molecule has 1 aliphatic rings. The molecular weight excluding hydrogens is 386 g/mol. The third-order valence-corrected chi connectivity index (χ3v) is 4.35. The molecular formula is C22H25N3O5. The monoisotopic (exact) mass is 411 g/mol. The number of amides is 2. The number of fused-ring (bicyclic) bond motifs is 1. The first kappa shape index (κ1) is 21.3. The van der Waals surface area contributed by atoms with Crippen molar-refractivity contribution in [3.05, 3.63) is 53.2 Å². The molecule has 0 fully saturated rings. The standard InChI is InChI=1S/C22H25N3O5/c1-3-9-30-21-16(5-4-6-18(21)28-2)12-23-19(26)8-7-15-10-17-13-29-14-20(27)25-22(17)24-11-15/h4-8,10-11H,3,9,12-14H2,1-2H3,(H,23,26)(H,24,25,27). The number of hydrogen-bond donors (Lipinski definition) is 2. The molecule has 2 amide bonds. The summed E-state index contributed by atoms with van der Waals surface area (Å²) in [5.74, 6) is 1.28. The van der Waals surface area contributed by atoms with Gasteiger partial charge in [0.1, 0.15) is 12.4 Å². The number of pyridine rings is 1. The molecule has 0 spiro atoms. The topological polar surface area (TPSA) is 98.8 Å².